The van der Waals surface area contributed by atoms with Crippen molar-refractivity contribution >= 4 is 5.97 Å². The molecule has 0 bridgehead atoms. The number of carbonyl (C=O) groups is 1. The number of nitrogens with zero attached hydrogens (tertiary/aromatic N) is 2. The van der Waals surface area contributed by atoms with Crippen LogP contribution in [0.1, 0.15) is 66.0 Å². The van der Waals surface area contributed by atoms with Gasteiger partial charge in [0.15, 0.2) is 0 Å². The number of hydrogen-bond acceptors (Lipinski definition) is 5. The summed E-state index contributed by atoms with van der Waals surface area (Å²) in [4.78, 5) is 21.8. The number of fused-ring (bicyclic) bond motifs is 1. The van der Waals surface area contributed by atoms with Crippen LogP contribution in [-0.2, 0) is 11.2 Å². The maximum Gasteiger partial charge on any atom is 0.340 e. The van der Waals surface area contributed by atoms with Gasteiger partial charge in [-0.05, 0) is 44.7 Å². The third-order valence-corrected chi connectivity index (χ3v) is 4.58. The molecule has 5 nitrogen and oxygen atoms in total. The maximum atomic E-state index is 12.8. The van der Waals surface area contributed by atoms with Gasteiger partial charge >= 0.3 is 5.97 Å². The summed E-state index contributed by atoms with van der Waals surface area (Å²) in [7, 11) is 0. The summed E-state index contributed by atoms with van der Waals surface area (Å²) in [5, 5.41) is 10.6. The van der Waals surface area contributed by atoms with E-state index in [0.29, 0.717) is 35.5 Å². The number of aromatic nitrogens is 2. The zero-order valence-electron chi connectivity index (χ0n) is 14.8. The molecule has 2 aromatic heterocycles. The molecule has 25 heavy (non-hydrogen) atoms. The number of aliphatic hydroxyl groups excluding tert-OH is 1. The first-order valence-electron chi connectivity index (χ1n) is 8.93. The van der Waals surface area contributed by atoms with Gasteiger partial charge < -0.3 is 9.84 Å². The van der Waals surface area contributed by atoms with Crippen molar-refractivity contribution < 1.29 is 14.6 Å². The molecular weight excluding hydrogens is 316 g/mol. The fraction of sp³-hybridized carbons (Fsp3) is 0.450. The molecule has 0 spiro atoms. The number of unbranched alkanes of at least 4 members (excludes halogenated alkanes) is 1. The molecule has 0 saturated heterocycles. The van der Waals surface area contributed by atoms with E-state index in [1.807, 2.05) is 25.1 Å². The average Bonchev–Trinajstić information content (AvgIpc) is 2.61. The molecule has 0 aliphatic heterocycles. The third-order valence-electron chi connectivity index (χ3n) is 4.58. The molecule has 0 fully saturated rings. The predicted octanol–water partition coefficient (Wildman–Crippen LogP) is 3.78. The first-order valence-corrected chi connectivity index (χ1v) is 8.93. The molecule has 132 valence electrons. The summed E-state index contributed by atoms with van der Waals surface area (Å²) >= 11 is 0. The highest BCUT2D eigenvalue weighted by Crippen LogP contribution is 2.39. The van der Waals surface area contributed by atoms with Gasteiger partial charge in [0, 0.05) is 23.0 Å². The molecule has 0 radical (unpaired) electrons. The Kier molecular flexibility index (Phi) is 5.43. The van der Waals surface area contributed by atoms with Crippen LogP contribution in [0.25, 0.3) is 11.3 Å². The fourth-order valence-electron chi connectivity index (χ4n) is 3.34. The summed E-state index contributed by atoms with van der Waals surface area (Å²) in [5.74, 6) is -0.389. The lowest BCUT2D eigenvalue weighted by molar-refractivity contribution is 0.0498. The van der Waals surface area contributed by atoms with Crippen molar-refractivity contribution in [2.45, 2.75) is 52.1 Å². The zero-order chi connectivity index (χ0) is 17.8. The van der Waals surface area contributed by atoms with Crippen LogP contribution in [0.2, 0.25) is 0 Å². The summed E-state index contributed by atoms with van der Waals surface area (Å²) in [6.45, 7) is 4.26. The van der Waals surface area contributed by atoms with Crippen molar-refractivity contribution in [3.05, 3.63) is 46.9 Å². The topological polar surface area (TPSA) is 72.3 Å². The highest BCUT2D eigenvalue weighted by Gasteiger charge is 2.30. The van der Waals surface area contributed by atoms with E-state index in [0.717, 1.165) is 36.9 Å². The van der Waals surface area contributed by atoms with Gasteiger partial charge in [-0.2, -0.15) is 0 Å². The quantitative estimate of drug-likeness (QED) is 0.662. The number of rotatable bonds is 5. The van der Waals surface area contributed by atoms with Crippen LogP contribution in [0.3, 0.4) is 0 Å². The van der Waals surface area contributed by atoms with E-state index >= 15 is 0 Å². The lowest BCUT2D eigenvalue weighted by atomic mass is 9.85. The summed E-state index contributed by atoms with van der Waals surface area (Å²) in [5.41, 5.74) is 4.01. The second kappa shape index (κ2) is 7.74. The van der Waals surface area contributed by atoms with Crippen molar-refractivity contribution in [2.75, 3.05) is 6.61 Å². The molecule has 0 amide bonds. The van der Waals surface area contributed by atoms with Gasteiger partial charge in [0.2, 0.25) is 0 Å². The monoisotopic (exact) mass is 340 g/mol. The highest BCUT2D eigenvalue weighted by molar-refractivity contribution is 5.99. The van der Waals surface area contributed by atoms with E-state index in [-0.39, 0.29) is 5.97 Å². The molecule has 1 unspecified atom stereocenters. The highest BCUT2D eigenvalue weighted by atomic mass is 16.5. The smallest absolute Gasteiger partial charge is 0.340 e. The van der Waals surface area contributed by atoms with Crippen molar-refractivity contribution in [3.8, 4) is 11.3 Å². The summed E-state index contributed by atoms with van der Waals surface area (Å²) < 4.78 is 5.45. The van der Waals surface area contributed by atoms with Crippen molar-refractivity contribution in [1.82, 2.24) is 9.97 Å². The minimum atomic E-state index is -0.629. The van der Waals surface area contributed by atoms with Gasteiger partial charge in [-0.1, -0.05) is 19.4 Å². The van der Waals surface area contributed by atoms with Crippen LogP contribution >= 0.6 is 0 Å². The minimum absolute atomic E-state index is 0.385. The Bertz CT molecular complexity index is 759. The molecule has 2 heterocycles. The number of carbonyl (C=O) groups excluding carboxylic acids is 1. The number of aliphatic hydroxyl groups is 1. The molecule has 5 heteroatoms. The Balaban J connectivity index is 2.16. The predicted molar refractivity (Wildman–Crippen MR) is 95.3 cm³/mol. The standard InChI is InChI=1S/C20H24N2O3/c1-3-4-12-25-20(24)17-13(2)22-15-9-7-10-16(23)18(15)19(17)14-8-5-6-11-21-14/h5-6,8,11,16,23H,3-4,7,9-10,12H2,1-2H3. The van der Waals surface area contributed by atoms with Crippen molar-refractivity contribution in [3.63, 3.8) is 0 Å². The molecule has 1 atom stereocenters. The van der Waals surface area contributed by atoms with Crippen LogP contribution in [0.5, 0.6) is 0 Å². The Morgan fingerprint density at radius 3 is 2.96 bits per heavy atom. The fourth-order valence-corrected chi connectivity index (χ4v) is 3.34. The van der Waals surface area contributed by atoms with Gasteiger partial charge in [-0.15, -0.1) is 0 Å². The van der Waals surface area contributed by atoms with E-state index in [1.165, 1.54) is 0 Å². The van der Waals surface area contributed by atoms with Crippen LogP contribution in [0.4, 0.5) is 0 Å². The van der Waals surface area contributed by atoms with E-state index in [4.69, 9.17) is 4.74 Å². The third kappa shape index (κ3) is 3.56. The van der Waals surface area contributed by atoms with Crippen LogP contribution < -0.4 is 0 Å². The molecule has 2 aromatic rings. The summed E-state index contributed by atoms with van der Waals surface area (Å²) in [6.07, 6.45) is 5.21. The molecule has 1 aliphatic carbocycles. The van der Waals surface area contributed by atoms with Crippen LogP contribution in [0.15, 0.2) is 24.4 Å². The SMILES string of the molecule is CCCCOC(=O)c1c(C)nc2c(c1-c1ccccn1)C(O)CCC2. The largest absolute Gasteiger partial charge is 0.462 e. The Morgan fingerprint density at radius 2 is 2.24 bits per heavy atom. The van der Waals surface area contributed by atoms with Gasteiger partial charge in [-0.3, -0.25) is 9.97 Å². The van der Waals surface area contributed by atoms with Crippen LogP contribution in [-0.4, -0.2) is 27.7 Å². The van der Waals surface area contributed by atoms with Gasteiger partial charge in [0.05, 0.1) is 29.7 Å². The van der Waals surface area contributed by atoms with E-state index < -0.39 is 6.10 Å². The van der Waals surface area contributed by atoms with E-state index in [2.05, 4.69) is 16.9 Å². The Morgan fingerprint density at radius 1 is 1.40 bits per heavy atom. The number of ether oxygens (including phenoxy) is 1. The number of aryl methyl sites for hydroxylation is 2. The number of hydrogen-bond donors (Lipinski definition) is 1. The molecular formula is C20H24N2O3. The first kappa shape index (κ1) is 17.5. The maximum absolute atomic E-state index is 12.8. The van der Waals surface area contributed by atoms with Crippen molar-refractivity contribution in [1.29, 1.82) is 0 Å². The van der Waals surface area contributed by atoms with Crippen molar-refractivity contribution in [2.24, 2.45) is 0 Å². The molecule has 0 aromatic carbocycles. The number of pyridine rings is 2. The van der Waals surface area contributed by atoms with Crippen LogP contribution in [0, 0.1) is 6.92 Å². The number of esters is 1. The van der Waals surface area contributed by atoms with Gasteiger partial charge in [0.1, 0.15) is 0 Å². The lowest BCUT2D eigenvalue weighted by Gasteiger charge is -2.26. The van der Waals surface area contributed by atoms with E-state index in [1.54, 1.807) is 6.20 Å². The summed E-state index contributed by atoms with van der Waals surface area (Å²) in [6, 6.07) is 5.57. The molecule has 0 saturated carbocycles. The second-order valence-electron chi connectivity index (χ2n) is 6.42. The average molecular weight is 340 g/mol. The Labute approximate surface area is 148 Å². The molecule has 3 rings (SSSR count). The molecule has 1 aliphatic rings. The second-order valence-corrected chi connectivity index (χ2v) is 6.42. The van der Waals surface area contributed by atoms with E-state index in [9.17, 15) is 9.90 Å². The normalized spacial score (nSPS) is 16.4. The van der Waals surface area contributed by atoms with Gasteiger partial charge in [0.25, 0.3) is 0 Å². The first-order chi connectivity index (χ1) is 12.1. The van der Waals surface area contributed by atoms with Gasteiger partial charge in [-0.25, -0.2) is 4.79 Å². The lowest BCUT2D eigenvalue weighted by Crippen LogP contribution is -2.19. The Hall–Kier alpha value is -2.27. The minimum Gasteiger partial charge on any atom is -0.462 e. The molecule has 1 N–H and O–H groups in total. The zero-order valence-corrected chi connectivity index (χ0v) is 14.8.